The van der Waals surface area contributed by atoms with Gasteiger partial charge in [-0.1, -0.05) is 30.3 Å². The molecule has 0 unspecified atom stereocenters. The molecule has 0 radical (unpaired) electrons. The number of nitrogens with one attached hydrogen (secondary N) is 2. The molecule has 2 aromatic rings. The molecule has 0 atom stereocenters. The first-order valence-electron chi connectivity index (χ1n) is 11.8. The maximum atomic E-state index is 13.2. The highest BCUT2D eigenvalue weighted by Gasteiger charge is 2.54. The fraction of sp³-hybridized carbons (Fsp3) is 0.481. The van der Waals surface area contributed by atoms with Gasteiger partial charge in [-0.2, -0.15) is 0 Å². The van der Waals surface area contributed by atoms with Crippen molar-refractivity contribution in [3.05, 3.63) is 60.2 Å². The van der Waals surface area contributed by atoms with Gasteiger partial charge in [0.25, 0.3) is 0 Å². The second-order valence-electron chi connectivity index (χ2n) is 10.6. The van der Waals surface area contributed by atoms with Gasteiger partial charge in [0.2, 0.25) is 11.8 Å². The molecule has 0 spiro atoms. The Hall–Kier alpha value is -2.62. The lowest BCUT2D eigenvalue weighted by molar-refractivity contribution is -0.140. The summed E-state index contributed by atoms with van der Waals surface area (Å²) in [6.45, 7) is 0. The Morgan fingerprint density at radius 3 is 1.65 bits per heavy atom. The molecule has 2 amide bonds. The lowest BCUT2D eigenvalue weighted by atomic mass is 9.49. The zero-order valence-electron chi connectivity index (χ0n) is 17.9. The summed E-state index contributed by atoms with van der Waals surface area (Å²) in [6, 6.07) is 17.7. The summed E-state index contributed by atoms with van der Waals surface area (Å²) in [7, 11) is 0. The van der Waals surface area contributed by atoms with Crippen LogP contribution in [0.5, 0.6) is 0 Å². The summed E-state index contributed by atoms with van der Waals surface area (Å²) in [5.74, 6) is 2.55. The number of hydrogen-bond acceptors (Lipinski definition) is 2. The van der Waals surface area contributed by atoms with Crippen LogP contribution in [0.25, 0.3) is 0 Å². The van der Waals surface area contributed by atoms with E-state index in [4.69, 9.17) is 0 Å². The standard InChI is InChI=1S/C27H30N2O2/c30-24(26-15-18-12-19(16-26)14-20(13-18)17-26)28-22-6-8-23(9-7-22)29-25(31)27(10-11-27)21-4-2-1-3-5-21/h1-9,18-20H,10-17H2,(H,28,30)(H,29,31). The van der Waals surface area contributed by atoms with Gasteiger partial charge < -0.3 is 10.6 Å². The van der Waals surface area contributed by atoms with Crippen molar-refractivity contribution >= 4 is 23.2 Å². The molecular weight excluding hydrogens is 384 g/mol. The number of hydrogen-bond donors (Lipinski definition) is 2. The summed E-state index contributed by atoms with van der Waals surface area (Å²) < 4.78 is 0. The van der Waals surface area contributed by atoms with Crippen molar-refractivity contribution in [2.75, 3.05) is 10.6 Å². The summed E-state index contributed by atoms with van der Waals surface area (Å²) in [6.07, 6.45) is 9.01. The average molecular weight is 415 g/mol. The van der Waals surface area contributed by atoms with E-state index in [0.29, 0.717) is 0 Å². The van der Waals surface area contributed by atoms with Crippen molar-refractivity contribution in [3.63, 3.8) is 0 Å². The molecule has 4 nitrogen and oxygen atoms in total. The normalized spacial score (nSPS) is 31.8. The van der Waals surface area contributed by atoms with Crippen LogP contribution in [0.1, 0.15) is 56.9 Å². The van der Waals surface area contributed by atoms with E-state index in [-0.39, 0.29) is 22.6 Å². The second kappa shape index (κ2) is 6.94. The summed E-state index contributed by atoms with van der Waals surface area (Å²) in [5, 5.41) is 6.28. The third kappa shape index (κ3) is 3.28. The van der Waals surface area contributed by atoms with Crippen molar-refractivity contribution in [1.82, 2.24) is 0 Å². The van der Waals surface area contributed by atoms with E-state index in [0.717, 1.165) is 66.8 Å². The number of carbonyl (C=O) groups excluding carboxylic acids is 2. The summed E-state index contributed by atoms with van der Waals surface area (Å²) in [5.41, 5.74) is 2.16. The molecule has 0 heterocycles. The van der Waals surface area contributed by atoms with Crippen LogP contribution in [0.15, 0.2) is 54.6 Å². The number of carbonyl (C=O) groups is 2. The Morgan fingerprint density at radius 1 is 0.677 bits per heavy atom. The van der Waals surface area contributed by atoms with Gasteiger partial charge in [0.15, 0.2) is 0 Å². The molecule has 0 saturated heterocycles. The predicted molar refractivity (Wildman–Crippen MR) is 122 cm³/mol. The minimum Gasteiger partial charge on any atom is -0.326 e. The monoisotopic (exact) mass is 414 g/mol. The molecule has 4 heteroatoms. The zero-order valence-corrected chi connectivity index (χ0v) is 17.9. The molecule has 0 aliphatic heterocycles. The second-order valence-corrected chi connectivity index (χ2v) is 10.6. The van der Waals surface area contributed by atoms with Gasteiger partial charge in [-0.15, -0.1) is 0 Å². The van der Waals surface area contributed by atoms with Gasteiger partial charge >= 0.3 is 0 Å². The van der Waals surface area contributed by atoms with Crippen molar-refractivity contribution in [3.8, 4) is 0 Å². The summed E-state index contributed by atoms with van der Waals surface area (Å²) >= 11 is 0. The largest absolute Gasteiger partial charge is 0.326 e. The quantitative estimate of drug-likeness (QED) is 0.678. The Morgan fingerprint density at radius 2 is 1.16 bits per heavy atom. The molecule has 160 valence electrons. The molecule has 5 aliphatic rings. The number of anilines is 2. The van der Waals surface area contributed by atoms with Gasteiger partial charge in [0.05, 0.1) is 10.8 Å². The molecular formula is C27H30N2O2. The van der Waals surface area contributed by atoms with Crippen LogP contribution in [0.4, 0.5) is 11.4 Å². The van der Waals surface area contributed by atoms with Gasteiger partial charge in [0, 0.05) is 11.4 Å². The van der Waals surface area contributed by atoms with Crippen molar-refractivity contribution < 1.29 is 9.59 Å². The van der Waals surface area contributed by atoms with Gasteiger partial charge in [0.1, 0.15) is 0 Å². The smallest absolute Gasteiger partial charge is 0.235 e. The van der Waals surface area contributed by atoms with E-state index in [9.17, 15) is 9.59 Å². The number of amides is 2. The molecule has 2 aromatic carbocycles. The maximum absolute atomic E-state index is 13.2. The Bertz CT molecular complexity index is 972. The van der Waals surface area contributed by atoms with E-state index >= 15 is 0 Å². The van der Waals surface area contributed by atoms with Crippen LogP contribution in [0, 0.1) is 23.2 Å². The molecule has 5 saturated carbocycles. The lowest BCUT2D eigenvalue weighted by Gasteiger charge is -2.55. The fourth-order valence-electron chi connectivity index (χ4n) is 7.07. The van der Waals surface area contributed by atoms with Crippen molar-refractivity contribution in [1.29, 1.82) is 0 Å². The average Bonchev–Trinajstić information content (AvgIpc) is 3.57. The first kappa shape index (κ1) is 19.1. The minimum absolute atomic E-state index is 0.0593. The zero-order chi connectivity index (χ0) is 21.1. The van der Waals surface area contributed by atoms with Gasteiger partial charge in [-0.3, -0.25) is 9.59 Å². The Balaban J connectivity index is 1.12. The van der Waals surface area contributed by atoms with E-state index in [1.807, 2.05) is 54.6 Å². The first-order chi connectivity index (χ1) is 15.0. The number of benzene rings is 2. The van der Waals surface area contributed by atoms with Crippen LogP contribution >= 0.6 is 0 Å². The third-order valence-corrected chi connectivity index (χ3v) is 8.43. The lowest BCUT2D eigenvalue weighted by Crippen LogP contribution is -2.51. The van der Waals surface area contributed by atoms with Crippen molar-refractivity contribution in [2.45, 2.75) is 56.8 Å². The highest BCUT2D eigenvalue weighted by Crippen LogP contribution is 2.60. The molecule has 5 fully saturated rings. The molecule has 2 N–H and O–H groups in total. The van der Waals surface area contributed by atoms with Crippen LogP contribution in [0.2, 0.25) is 0 Å². The highest BCUT2D eigenvalue weighted by molar-refractivity contribution is 6.01. The number of rotatable bonds is 5. The predicted octanol–water partition coefficient (Wildman–Crippen LogP) is 5.51. The molecule has 4 bridgehead atoms. The molecule has 7 rings (SSSR count). The SMILES string of the molecule is O=C(Nc1ccc(NC(=O)C2(c3ccccc3)CC2)cc1)C12CC3CC(CC(C3)C1)C2. The summed E-state index contributed by atoms with van der Waals surface area (Å²) in [4.78, 5) is 26.2. The van der Waals surface area contributed by atoms with E-state index in [2.05, 4.69) is 10.6 Å². The van der Waals surface area contributed by atoms with Crippen LogP contribution in [-0.2, 0) is 15.0 Å². The third-order valence-electron chi connectivity index (χ3n) is 8.43. The minimum atomic E-state index is -0.382. The first-order valence-corrected chi connectivity index (χ1v) is 11.8. The van der Waals surface area contributed by atoms with Gasteiger partial charge in [-0.05, 0) is 98.9 Å². The van der Waals surface area contributed by atoms with Crippen molar-refractivity contribution in [2.24, 2.45) is 23.2 Å². The molecule has 31 heavy (non-hydrogen) atoms. The Kier molecular flexibility index (Phi) is 4.28. The van der Waals surface area contributed by atoms with Crippen LogP contribution in [-0.4, -0.2) is 11.8 Å². The van der Waals surface area contributed by atoms with E-state index < -0.39 is 0 Å². The van der Waals surface area contributed by atoms with Gasteiger partial charge in [-0.25, -0.2) is 0 Å². The Labute approximate surface area is 183 Å². The van der Waals surface area contributed by atoms with Crippen LogP contribution in [0.3, 0.4) is 0 Å². The highest BCUT2D eigenvalue weighted by atomic mass is 16.2. The molecule has 5 aliphatic carbocycles. The maximum Gasteiger partial charge on any atom is 0.235 e. The fourth-order valence-corrected chi connectivity index (χ4v) is 7.07. The van der Waals surface area contributed by atoms with Crippen LogP contribution < -0.4 is 10.6 Å². The molecule has 0 aromatic heterocycles. The van der Waals surface area contributed by atoms with E-state index in [1.165, 1.54) is 19.3 Å². The van der Waals surface area contributed by atoms with E-state index in [1.54, 1.807) is 0 Å². The topological polar surface area (TPSA) is 58.2 Å².